The highest BCUT2D eigenvalue weighted by molar-refractivity contribution is 7.58. The summed E-state index contributed by atoms with van der Waals surface area (Å²) in [5, 5.41) is 10.9. The van der Waals surface area contributed by atoms with E-state index in [1.165, 1.54) is 19.9 Å². The van der Waals surface area contributed by atoms with Crippen LogP contribution >= 0.6 is 19.0 Å². The van der Waals surface area contributed by atoms with Gasteiger partial charge in [-0.05, 0) is 31.2 Å². The number of benzene rings is 2. The molecule has 7 nitrogen and oxygen atoms in total. The number of nitrogens with zero attached hydrogens (tertiary/aromatic N) is 1. The molecule has 2 atom stereocenters. The normalized spacial score (nSPS) is 14.7. The zero-order chi connectivity index (χ0) is 22.0. The molecule has 0 aromatic heterocycles. The van der Waals surface area contributed by atoms with Gasteiger partial charge in [0.1, 0.15) is 11.5 Å². The van der Waals surface area contributed by atoms with E-state index in [0.29, 0.717) is 6.07 Å². The van der Waals surface area contributed by atoms with Crippen molar-refractivity contribution in [1.82, 2.24) is 0 Å². The van der Waals surface area contributed by atoms with Crippen LogP contribution in [0.4, 0.5) is 18.9 Å². The molecule has 0 aliphatic carbocycles. The molecule has 0 radical (unpaired) electrons. The van der Waals surface area contributed by atoms with Gasteiger partial charge in [-0.25, -0.2) is 0 Å². The van der Waals surface area contributed by atoms with Crippen molar-refractivity contribution in [2.24, 2.45) is 0 Å². The summed E-state index contributed by atoms with van der Waals surface area (Å²) in [5.74, 6) is -1.69. The molecule has 0 spiro atoms. The lowest BCUT2D eigenvalue weighted by atomic mass is 10.2. The van der Waals surface area contributed by atoms with E-state index in [-0.39, 0.29) is 28.4 Å². The highest BCUT2D eigenvalue weighted by Crippen LogP contribution is 2.47. The van der Waals surface area contributed by atoms with Crippen LogP contribution in [0.2, 0.25) is 5.02 Å². The summed E-state index contributed by atoms with van der Waals surface area (Å²) >= 11 is 5.84. The van der Waals surface area contributed by atoms with Gasteiger partial charge >= 0.3 is 11.9 Å². The van der Waals surface area contributed by atoms with Crippen molar-refractivity contribution in [3.8, 4) is 17.2 Å². The molecule has 2 unspecified atom stereocenters. The molecule has 0 saturated heterocycles. The molecule has 158 valence electrons. The fourth-order valence-corrected chi connectivity index (χ4v) is 3.22. The molecule has 1 N–H and O–H groups in total. The van der Waals surface area contributed by atoms with Gasteiger partial charge in [0.2, 0.25) is 13.1 Å². The Kier molecular flexibility index (Phi) is 6.82. The van der Waals surface area contributed by atoms with E-state index in [4.69, 9.17) is 21.1 Å². The van der Waals surface area contributed by atoms with E-state index in [9.17, 15) is 32.7 Å². The molecule has 2 aromatic rings. The van der Waals surface area contributed by atoms with E-state index in [1.54, 1.807) is 0 Å². The Hall–Kier alpha value is -2.29. The fraction of sp³-hybridized carbons (Fsp3) is 0.294. The highest BCUT2D eigenvalue weighted by Gasteiger charge is 2.31. The van der Waals surface area contributed by atoms with Gasteiger partial charge in [-0.1, -0.05) is 18.5 Å². The molecular weight excluding hydrogens is 438 g/mol. The molecule has 0 bridgehead atoms. The molecule has 0 aliphatic heterocycles. The van der Waals surface area contributed by atoms with Crippen LogP contribution in [0.1, 0.15) is 19.4 Å². The Morgan fingerprint density at radius 1 is 1.24 bits per heavy atom. The van der Waals surface area contributed by atoms with Crippen molar-refractivity contribution < 1.29 is 37.0 Å². The van der Waals surface area contributed by atoms with Crippen molar-refractivity contribution >= 4 is 24.7 Å². The van der Waals surface area contributed by atoms with Crippen LogP contribution in [-0.4, -0.2) is 21.8 Å². The number of rotatable bonds is 7. The first kappa shape index (κ1) is 23.0. The van der Waals surface area contributed by atoms with Crippen LogP contribution in [0, 0.1) is 10.1 Å². The molecule has 2 aromatic carbocycles. The first-order chi connectivity index (χ1) is 13.3. The first-order valence-electron chi connectivity index (χ1n) is 8.16. The second-order valence-electron chi connectivity index (χ2n) is 5.92. The van der Waals surface area contributed by atoms with Gasteiger partial charge in [0.25, 0.3) is 0 Å². The molecule has 0 saturated carbocycles. The lowest BCUT2D eigenvalue weighted by Gasteiger charge is -2.19. The number of nitro groups is 1. The maximum atomic E-state index is 12.7. The lowest BCUT2D eigenvalue weighted by molar-refractivity contribution is -0.386. The molecule has 0 aliphatic rings. The van der Waals surface area contributed by atoms with E-state index in [2.05, 4.69) is 0 Å². The van der Waals surface area contributed by atoms with Gasteiger partial charge < -0.3 is 14.4 Å². The number of halogens is 4. The number of hydrogen-bond acceptors (Lipinski definition) is 5. The predicted molar refractivity (Wildman–Crippen MR) is 100 cm³/mol. The Labute approximate surface area is 168 Å². The van der Waals surface area contributed by atoms with E-state index in [0.717, 1.165) is 24.3 Å². The Balaban J connectivity index is 2.36. The average Bonchev–Trinajstić information content (AvgIpc) is 2.62. The second-order valence-corrected chi connectivity index (χ2v) is 9.20. The summed E-state index contributed by atoms with van der Waals surface area (Å²) in [5.41, 5.74) is -1.44. The topological polar surface area (TPSA) is 98.9 Å². The number of nitro benzene ring substituents is 1. The smallest absolute Gasteiger partial charge is 0.416 e. The van der Waals surface area contributed by atoms with Crippen LogP contribution in [0.3, 0.4) is 0 Å². The third kappa shape index (κ3) is 5.62. The third-order valence-electron chi connectivity index (χ3n) is 3.93. The van der Waals surface area contributed by atoms with Crippen LogP contribution in [0.15, 0.2) is 36.4 Å². The van der Waals surface area contributed by atoms with Crippen molar-refractivity contribution in [3.63, 3.8) is 0 Å². The molecule has 12 heteroatoms. The third-order valence-corrected chi connectivity index (χ3v) is 6.38. The molecule has 2 rings (SSSR count). The van der Waals surface area contributed by atoms with Crippen molar-refractivity contribution in [3.05, 3.63) is 57.1 Å². The molecule has 0 heterocycles. The standard InChI is InChI=1S/C17H16ClF3NO6P/c1-3-29(25,26)10(2)27-16-9-12(5-6-14(16)22(23)24)28-15-7-4-11(8-13(15)18)17(19,20)21/h4-10H,3H2,1-2H3,(H,25,26). The minimum atomic E-state index is -4.58. The van der Waals surface area contributed by atoms with E-state index >= 15 is 0 Å². The monoisotopic (exact) mass is 453 g/mol. The Morgan fingerprint density at radius 2 is 1.90 bits per heavy atom. The molecular formula is C17H16ClF3NO6P. The van der Waals surface area contributed by atoms with Gasteiger partial charge in [-0.15, -0.1) is 0 Å². The van der Waals surface area contributed by atoms with Crippen LogP contribution in [0.25, 0.3) is 0 Å². The number of alkyl halides is 3. The van der Waals surface area contributed by atoms with Crippen molar-refractivity contribution in [2.75, 3.05) is 6.16 Å². The summed E-state index contributed by atoms with van der Waals surface area (Å²) < 4.78 is 60.9. The maximum absolute atomic E-state index is 12.7. The van der Waals surface area contributed by atoms with E-state index < -0.39 is 35.6 Å². The SMILES string of the molecule is CCP(=O)(O)C(C)Oc1cc(Oc2ccc(C(F)(F)F)cc2Cl)ccc1[N+](=O)[O-]. The van der Waals surface area contributed by atoms with Crippen LogP contribution in [-0.2, 0) is 10.7 Å². The first-order valence-corrected chi connectivity index (χ1v) is 10.5. The quantitative estimate of drug-likeness (QED) is 0.310. The highest BCUT2D eigenvalue weighted by atomic mass is 35.5. The second kappa shape index (κ2) is 8.61. The fourth-order valence-electron chi connectivity index (χ4n) is 2.21. The summed E-state index contributed by atoms with van der Waals surface area (Å²) in [6.45, 7) is 2.77. The largest absolute Gasteiger partial charge is 0.473 e. The Morgan fingerprint density at radius 3 is 2.41 bits per heavy atom. The zero-order valence-electron chi connectivity index (χ0n) is 15.1. The van der Waals surface area contributed by atoms with Crippen molar-refractivity contribution in [1.29, 1.82) is 0 Å². The summed E-state index contributed by atoms with van der Waals surface area (Å²) in [4.78, 5) is 20.3. The Bertz CT molecular complexity index is 969. The molecule has 0 amide bonds. The minimum absolute atomic E-state index is 0.0243. The van der Waals surface area contributed by atoms with Crippen molar-refractivity contribution in [2.45, 2.75) is 25.9 Å². The zero-order valence-corrected chi connectivity index (χ0v) is 16.8. The molecule has 0 fully saturated rings. The summed E-state index contributed by atoms with van der Waals surface area (Å²) in [6, 6.07) is 5.80. The predicted octanol–water partition coefficient (Wildman–Crippen LogP) is 6.07. The van der Waals surface area contributed by atoms with Crippen LogP contribution < -0.4 is 9.47 Å². The number of ether oxygens (including phenoxy) is 2. The summed E-state index contributed by atoms with van der Waals surface area (Å²) in [6.07, 6.45) is -4.68. The molecule has 29 heavy (non-hydrogen) atoms. The van der Waals surface area contributed by atoms with Crippen LogP contribution in [0.5, 0.6) is 17.2 Å². The minimum Gasteiger partial charge on any atom is -0.473 e. The van der Waals surface area contributed by atoms with Gasteiger partial charge in [0, 0.05) is 18.3 Å². The lowest BCUT2D eigenvalue weighted by Crippen LogP contribution is -2.14. The van der Waals surface area contributed by atoms with Gasteiger partial charge in [0.15, 0.2) is 5.85 Å². The number of hydrogen-bond donors (Lipinski definition) is 1. The maximum Gasteiger partial charge on any atom is 0.416 e. The van der Waals surface area contributed by atoms with Gasteiger partial charge in [-0.2, -0.15) is 13.2 Å². The van der Waals surface area contributed by atoms with E-state index in [1.807, 2.05) is 0 Å². The van der Waals surface area contributed by atoms with Gasteiger partial charge in [0.05, 0.1) is 15.5 Å². The summed E-state index contributed by atoms with van der Waals surface area (Å²) in [7, 11) is -3.70. The van der Waals surface area contributed by atoms with Gasteiger partial charge in [-0.3, -0.25) is 14.7 Å². The average molecular weight is 454 g/mol.